The number of hydrogen-bond donors (Lipinski definition) is 1. The van der Waals surface area contributed by atoms with Crippen molar-refractivity contribution in [3.63, 3.8) is 0 Å². The van der Waals surface area contributed by atoms with Crippen molar-refractivity contribution < 1.29 is 9.53 Å². The van der Waals surface area contributed by atoms with Crippen LogP contribution in [0, 0.1) is 6.92 Å². The quantitative estimate of drug-likeness (QED) is 0.800. The minimum atomic E-state index is -0.158. The van der Waals surface area contributed by atoms with E-state index in [1.807, 2.05) is 55.5 Å². The summed E-state index contributed by atoms with van der Waals surface area (Å²) < 4.78 is 5.67. The number of carbonyl (C=O) groups is 1. The van der Waals surface area contributed by atoms with Crippen molar-refractivity contribution in [1.29, 1.82) is 0 Å². The Bertz CT molecular complexity index is 645. The van der Waals surface area contributed by atoms with Crippen LogP contribution in [-0.4, -0.2) is 12.5 Å². The Labute approximate surface area is 131 Å². The Hall–Kier alpha value is -2.55. The van der Waals surface area contributed by atoms with Crippen LogP contribution in [0.1, 0.15) is 24.5 Å². The van der Waals surface area contributed by atoms with E-state index in [-0.39, 0.29) is 5.91 Å². The molecule has 0 heterocycles. The molecule has 0 aliphatic rings. The van der Waals surface area contributed by atoms with Crippen LogP contribution in [0.5, 0.6) is 5.75 Å². The number of amides is 1. The molecule has 1 N–H and O–H groups in total. The summed E-state index contributed by atoms with van der Waals surface area (Å²) in [5.41, 5.74) is 2.85. The molecule has 2 aromatic carbocycles. The molecule has 0 saturated carbocycles. The summed E-state index contributed by atoms with van der Waals surface area (Å²) in [7, 11) is 0. The number of anilines is 1. The number of ether oxygens (including phenoxy) is 1. The Balaban J connectivity index is 2.01. The highest BCUT2D eigenvalue weighted by atomic mass is 16.5. The van der Waals surface area contributed by atoms with Crippen molar-refractivity contribution in [2.75, 3.05) is 11.9 Å². The van der Waals surface area contributed by atoms with E-state index in [2.05, 4.69) is 12.2 Å². The second kappa shape index (κ2) is 8.03. The third-order valence-electron chi connectivity index (χ3n) is 3.11. The topological polar surface area (TPSA) is 38.3 Å². The van der Waals surface area contributed by atoms with Crippen LogP contribution in [0.25, 0.3) is 6.08 Å². The average Bonchev–Trinajstić information content (AvgIpc) is 2.54. The zero-order valence-corrected chi connectivity index (χ0v) is 13.0. The third-order valence-corrected chi connectivity index (χ3v) is 3.11. The summed E-state index contributed by atoms with van der Waals surface area (Å²) in [4.78, 5) is 12.0. The van der Waals surface area contributed by atoms with Crippen LogP contribution in [0.3, 0.4) is 0 Å². The summed E-state index contributed by atoms with van der Waals surface area (Å²) in [5, 5.41) is 2.84. The predicted molar refractivity (Wildman–Crippen MR) is 91.1 cm³/mol. The first kappa shape index (κ1) is 15.8. The van der Waals surface area contributed by atoms with Crippen molar-refractivity contribution in [2.45, 2.75) is 20.3 Å². The Kier molecular flexibility index (Phi) is 5.78. The first-order valence-corrected chi connectivity index (χ1v) is 7.46. The number of nitrogens with one attached hydrogen (secondary N) is 1. The molecule has 0 aliphatic heterocycles. The number of carbonyl (C=O) groups excluding carboxylic acids is 1. The summed E-state index contributed by atoms with van der Waals surface area (Å²) >= 11 is 0. The SMILES string of the molecule is CCCOc1ccccc1/C=C/C(=O)Nc1ccc(C)cc1. The van der Waals surface area contributed by atoms with E-state index in [4.69, 9.17) is 4.74 Å². The number of para-hydroxylation sites is 1. The lowest BCUT2D eigenvalue weighted by Crippen LogP contribution is -2.07. The molecule has 0 saturated heterocycles. The molecule has 0 unspecified atom stereocenters. The first-order chi connectivity index (χ1) is 10.7. The Morgan fingerprint density at radius 2 is 1.86 bits per heavy atom. The second-order valence-corrected chi connectivity index (χ2v) is 5.07. The third kappa shape index (κ3) is 4.77. The summed E-state index contributed by atoms with van der Waals surface area (Å²) in [5.74, 6) is 0.637. The lowest BCUT2D eigenvalue weighted by atomic mass is 10.2. The molecule has 2 rings (SSSR count). The van der Waals surface area contributed by atoms with E-state index in [9.17, 15) is 4.79 Å². The van der Waals surface area contributed by atoms with Gasteiger partial charge >= 0.3 is 0 Å². The zero-order chi connectivity index (χ0) is 15.8. The summed E-state index contributed by atoms with van der Waals surface area (Å²) in [6.45, 7) is 4.74. The van der Waals surface area contributed by atoms with Gasteiger partial charge in [0.05, 0.1) is 6.61 Å². The normalized spacial score (nSPS) is 10.6. The molecule has 0 bridgehead atoms. The Morgan fingerprint density at radius 3 is 2.59 bits per heavy atom. The molecule has 0 spiro atoms. The molecular weight excluding hydrogens is 274 g/mol. The monoisotopic (exact) mass is 295 g/mol. The van der Waals surface area contributed by atoms with Crippen LogP contribution < -0.4 is 10.1 Å². The van der Waals surface area contributed by atoms with Crippen LogP contribution in [0.2, 0.25) is 0 Å². The minimum Gasteiger partial charge on any atom is -0.493 e. The highest BCUT2D eigenvalue weighted by Gasteiger charge is 2.01. The zero-order valence-electron chi connectivity index (χ0n) is 13.0. The fourth-order valence-electron chi connectivity index (χ4n) is 1.95. The standard InChI is InChI=1S/C19H21NO2/c1-3-14-22-18-7-5-4-6-16(18)10-13-19(21)20-17-11-8-15(2)9-12-17/h4-13H,3,14H2,1-2H3,(H,20,21)/b13-10+. The van der Waals surface area contributed by atoms with Gasteiger partial charge in [-0.05, 0) is 37.6 Å². The number of aryl methyl sites for hydroxylation is 1. The van der Waals surface area contributed by atoms with E-state index in [1.54, 1.807) is 6.08 Å². The van der Waals surface area contributed by atoms with Crippen molar-refractivity contribution >= 4 is 17.7 Å². The van der Waals surface area contributed by atoms with Gasteiger partial charge in [0.2, 0.25) is 5.91 Å². The second-order valence-electron chi connectivity index (χ2n) is 5.07. The van der Waals surface area contributed by atoms with Gasteiger partial charge in [-0.1, -0.05) is 42.8 Å². The molecule has 22 heavy (non-hydrogen) atoms. The lowest BCUT2D eigenvalue weighted by molar-refractivity contribution is -0.111. The highest BCUT2D eigenvalue weighted by Crippen LogP contribution is 2.19. The molecule has 0 radical (unpaired) electrons. The smallest absolute Gasteiger partial charge is 0.248 e. The molecule has 0 aliphatic carbocycles. The van der Waals surface area contributed by atoms with Crippen LogP contribution in [-0.2, 0) is 4.79 Å². The van der Waals surface area contributed by atoms with Gasteiger partial charge in [-0.2, -0.15) is 0 Å². The van der Waals surface area contributed by atoms with Gasteiger partial charge in [-0.25, -0.2) is 0 Å². The molecule has 3 heteroatoms. The number of rotatable bonds is 6. The fourth-order valence-corrected chi connectivity index (χ4v) is 1.95. The summed E-state index contributed by atoms with van der Waals surface area (Å²) in [6, 6.07) is 15.4. The van der Waals surface area contributed by atoms with Crippen LogP contribution >= 0.6 is 0 Å². The molecule has 0 fully saturated rings. The Morgan fingerprint density at radius 1 is 1.14 bits per heavy atom. The van der Waals surface area contributed by atoms with Gasteiger partial charge in [0, 0.05) is 17.3 Å². The first-order valence-electron chi connectivity index (χ1n) is 7.46. The van der Waals surface area contributed by atoms with Gasteiger partial charge in [0.1, 0.15) is 5.75 Å². The summed E-state index contributed by atoms with van der Waals surface area (Å²) in [6.07, 6.45) is 4.24. The van der Waals surface area contributed by atoms with E-state index in [1.165, 1.54) is 6.08 Å². The van der Waals surface area contributed by atoms with Gasteiger partial charge in [0.25, 0.3) is 0 Å². The van der Waals surface area contributed by atoms with E-state index in [0.29, 0.717) is 6.61 Å². The average molecular weight is 295 g/mol. The maximum atomic E-state index is 12.0. The maximum Gasteiger partial charge on any atom is 0.248 e. The molecule has 0 aromatic heterocycles. The molecule has 114 valence electrons. The number of benzene rings is 2. The maximum absolute atomic E-state index is 12.0. The van der Waals surface area contributed by atoms with Crippen molar-refractivity contribution in [2.24, 2.45) is 0 Å². The van der Waals surface area contributed by atoms with Crippen molar-refractivity contribution in [3.8, 4) is 5.75 Å². The fraction of sp³-hybridized carbons (Fsp3) is 0.211. The minimum absolute atomic E-state index is 0.158. The van der Waals surface area contributed by atoms with Gasteiger partial charge in [-0.3, -0.25) is 4.79 Å². The van der Waals surface area contributed by atoms with E-state index in [0.717, 1.165) is 29.0 Å². The van der Waals surface area contributed by atoms with Crippen LogP contribution in [0.15, 0.2) is 54.6 Å². The van der Waals surface area contributed by atoms with Crippen molar-refractivity contribution in [1.82, 2.24) is 0 Å². The molecular formula is C19H21NO2. The van der Waals surface area contributed by atoms with Gasteiger partial charge in [-0.15, -0.1) is 0 Å². The molecule has 2 aromatic rings. The van der Waals surface area contributed by atoms with Gasteiger partial charge < -0.3 is 10.1 Å². The van der Waals surface area contributed by atoms with Gasteiger partial charge in [0.15, 0.2) is 0 Å². The predicted octanol–water partition coefficient (Wildman–Crippen LogP) is 4.44. The molecule has 0 atom stereocenters. The molecule has 3 nitrogen and oxygen atoms in total. The van der Waals surface area contributed by atoms with E-state index >= 15 is 0 Å². The lowest BCUT2D eigenvalue weighted by Gasteiger charge is -2.07. The largest absolute Gasteiger partial charge is 0.493 e. The number of hydrogen-bond acceptors (Lipinski definition) is 2. The van der Waals surface area contributed by atoms with E-state index < -0.39 is 0 Å². The van der Waals surface area contributed by atoms with Crippen molar-refractivity contribution in [3.05, 3.63) is 65.7 Å². The van der Waals surface area contributed by atoms with Crippen LogP contribution in [0.4, 0.5) is 5.69 Å². The highest BCUT2D eigenvalue weighted by molar-refractivity contribution is 6.02. The molecule has 1 amide bonds.